The van der Waals surface area contributed by atoms with Gasteiger partial charge in [-0.25, -0.2) is 0 Å². The molecular weight excluding hydrogens is 362 g/mol. The first kappa shape index (κ1) is 18.8. The predicted molar refractivity (Wildman–Crippen MR) is 96.8 cm³/mol. The van der Waals surface area contributed by atoms with Crippen LogP contribution in [-0.4, -0.2) is 40.9 Å². The number of hydrogen-bond acceptors (Lipinski definition) is 7. The Labute approximate surface area is 154 Å². The Morgan fingerprint density at radius 2 is 2.24 bits per heavy atom. The van der Waals surface area contributed by atoms with Crippen molar-refractivity contribution in [2.75, 3.05) is 13.7 Å². The Kier molecular flexibility index (Phi) is 6.07. The van der Waals surface area contributed by atoms with Gasteiger partial charge in [-0.05, 0) is 30.7 Å². The van der Waals surface area contributed by atoms with Crippen LogP contribution < -0.4 is 14.6 Å². The molecule has 1 aromatic carbocycles. The second-order valence-corrected chi connectivity index (χ2v) is 6.63. The van der Waals surface area contributed by atoms with Crippen LogP contribution in [0.25, 0.3) is 6.08 Å². The highest BCUT2D eigenvalue weighted by Gasteiger charge is 2.35. The second kappa shape index (κ2) is 8.05. The number of hydrogen-bond donors (Lipinski definition) is 0. The molecule has 0 bridgehead atoms. The number of thiocarbonyl (C=S) groups is 1. The molecule has 0 aliphatic carbocycles. The minimum Gasteiger partial charge on any atom is -0.548 e. The molecule has 1 unspecified atom stereocenters. The second-order valence-electron chi connectivity index (χ2n) is 4.95. The quantitative estimate of drug-likeness (QED) is 0.417. The van der Waals surface area contributed by atoms with Crippen LogP contribution in [0.3, 0.4) is 0 Å². The molecule has 1 fully saturated rings. The number of thioether (sulfide) groups is 1. The van der Waals surface area contributed by atoms with Crippen molar-refractivity contribution in [3.8, 4) is 23.8 Å². The minimum absolute atomic E-state index is 0.107. The summed E-state index contributed by atoms with van der Waals surface area (Å²) in [4.78, 5) is 24.8. The highest BCUT2D eigenvalue weighted by molar-refractivity contribution is 8.26. The maximum atomic E-state index is 12.4. The lowest BCUT2D eigenvalue weighted by atomic mass is 10.1. The van der Waals surface area contributed by atoms with E-state index in [0.717, 1.165) is 16.7 Å². The first-order valence-electron chi connectivity index (χ1n) is 7.11. The third-order valence-corrected chi connectivity index (χ3v) is 4.68. The number of methoxy groups -OCH3 is 1. The van der Waals surface area contributed by atoms with E-state index in [1.54, 1.807) is 24.3 Å². The summed E-state index contributed by atoms with van der Waals surface area (Å²) in [6, 6.07) is 3.95. The van der Waals surface area contributed by atoms with Crippen LogP contribution in [0.4, 0.5) is 0 Å². The summed E-state index contributed by atoms with van der Waals surface area (Å²) in [5.41, 5.74) is 0.673. The number of ether oxygens (including phenoxy) is 2. The standard InChI is InChI=1S/C17H15NO5S2/c1-4-7-23-12-6-5-11(8-13(12)22-3)9-14-15(19)18(17(24)25-14)10(2)16(20)21/h1,5-6,8-10H,7H2,2-3H3,(H,20,21)/p-1/b14-9-. The van der Waals surface area contributed by atoms with Crippen molar-refractivity contribution in [1.29, 1.82) is 0 Å². The molecule has 130 valence electrons. The number of carboxylic acids is 1. The van der Waals surface area contributed by atoms with Gasteiger partial charge >= 0.3 is 0 Å². The average molecular weight is 376 g/mol. The highest BCUT2D eigenvalue weighted by Crippen LogP contribution is 2.35. The predicted octanol–water partition coefficient (Wildman–Crippen LogP) is 1.05. The smallest absolute Gasteiger partial charge is 0.266 e. The number of amides is 1. The zero-order chi connectivity index (χ0) is 18.6. The Bertz CT molecular complexity index is 797. The fourth-order valence-corrected chi connectivity index (χ4v) is 3.50. The van der Waals surface area contributed by atoms with Gasteiger partial charge in [0.25, 0.3) is 5.91 Å². The van der Waals surface area contributed by atoms with Gasteiger partial charge in [-0.1, -0.05) is 36.0 Å². The maximum absolute atomic E-state index is 12.4. The Morgan fingerprint density at radius 1 is 1.52 bits per heavy atom. The zero-order valence-electron chi connectivity index (χ0n) is 13.5. The molecule has 1 aliphatic rings. The first-order chi connectivity index (χ1) is 11.9. The van der Waals surface area contributed by atoms with Gasteiger partial charge < -0.3 is 19.4 Å². The maximum Gasteiger partial charge on any atom is 0.266 e. The van der Waals surface area contributed by atoms with E-state index >= 15 is 0 Å². The molecule has 1 heterocycles. The van der Waals surface area contributed by atoms with Gasteiger partial charge in [0.05, 0.1) is 24.0 Å². The van der Waals surface area contributed by atoms with Crippen molar-refractivity contribution >= 4 is 46.3 Å². The molecule has 25 heavy (non-hydrogen) atoms. The molecule has 1 aliphatic heterocycles. The van der Waals surface area contributed by atoms with Crippen LogP contribution in [0.2, 0.25) is 0 Å². The molecule has 0 spiro atoms. The van der Waals surface area contributed by atoms with Crippen molar-refractivity contribution in [3.63, 3.8) is 0 Å². The molecule has 1 amide bonds. The third-order valence-electron chi connectivity index (χ3n) is 3.35. The topological polar surface area (TPSA) is 78.9 Å². The van der Waals surface area contributed by atoms with E-state index in [0.29, 0.717) is 22.0 Å². The van der Waals surface area contributed by atoms with Crippen LogP contribution in [0.1, 0.15) is 12.5 Å². The number of terminal acetylenes is 1. The van der Waals surface area contributed by atoms with Crippen molar-refractivity contribution in [2.24, 2.45) is 0 Å². The number of nitrogens with zero attached hydrogens (tertiary/aromatic N) is 1. The molecule has 1 saturated heterocycles. The van der Waals surface area contributed by atoms with Crippen molar-refractivity contribution in [3.05, 3.63) is 28.7 Å². The number of rotatable bonds is 6. The highest BCUT2D eigenvalue weighted by atomic mass is 32.2. The number of carbonyl (C=O) groups is 2. The summed E-state index contributed by atoms with van der Waals surface area (Å²) >= 11 is 6.13. The van der Waals surface area contributed by atoms with Crippen LogP contribution in [-0.2, 0) is 9.59 Å². The fourth-order valence-electron chi connectivity index (χ4n) is 2.08. The lowest BCUT2D eigenvalue weighted by Crippen LogP contribution is -2.48. The van der Waals surface area contributed by atoms with Gasteiger partial charge in [-0.3, -0.25) is 9.69 Å². The summed E-state index contributed by atoms with van der Waals surface area (Å²) in [7, 11) is 1.49. The molecule has 0 saturated carbocycles. The molecule has 1 atom stereocenters. The van der Waals surface area contributed by atoms with E-state index in [1.807, 2.05) is 0 Å². The van der Waals surface area contributed by atoms with E-state index in [4.69, 9.17) is 28.1 Å². The lowest BCUT2D eigenvalue weighted by molar-refractivity contribution is -0.309. The van der Waals surface area contributed by atoms with Crippen LogP contribution in [0, 0.1) is 12.3 Å². The zero-order valence-corrected chi connectivity index (χ0v) is 15.1. The number of aliphatic carboxylic acids is 1. The lowest BCUT2D eigenvalue weighted by Gasteiger charge is -2.23. The van der Waals surface area contributed by atoms with Crippen LogP contribution in [0.5, 0.6) is 11.5 Å². The fraction of sp³-hybridized carbons (Fsp3) is 0.235. The normalized spacial score (nSPS) is 16.7. The monoisotopic (exact) mass is 376 g/mol. The summed E-state index contributed by atoms with van der Waals surface area (Å²) in [6.45, 7) is 1.46. The first-order valence-corrected chi connectivity index (χ1v) is 8.33. The van der Waals surface area contributed by atoms with E-state index in [1.165, 1.54) is 14.0 Å². The summed E-state index contributed by atoms with van der Waals surface area (Å²) in [5, 5.41) is 11.0. The molecule has 0 radical (unpaired) electrons. The Hall–Kier alpha value is -2.50. The number of carbonyl (C=O) groups excluding carboxylic acids is 2. The van der Waals surface area contributed by atoms with E-state index in [2.05, 4.69) is 5.92 Å². The van der Waals surface area contributed by atoms with E-state index in [9.17, 15) is 14.7 Å². The molecule has 0 aromatic heterocycles. The third kappa shape index (κ3) is 4.13. The van der Waals surface area contributed by atoms with E-state index < -0.39 is 17.9 Å². The Balaban J connectivity index is 2.29. The molecule has 0 N–H and O–H groups in total. The summed E-state index contributed by atoms with van der Waals surface area (Å²) in [5.74, 6) is 1.47. The van der Waals surface area contributed by atoms with Crippen molar-refractivity contribution < 1.29 is 24.2 Å². The summed E-state index contributed by atoms with van der Waals surface area (Å²) in [6.07, 6.45) is 6.77. The molecular formula is C17H14NO5S2-. The van der Waals surface area contributed by atoms with Gasteiger partial charge in [0.1, 0.15) is 10.9 Å². The van der Waals surface area contributed by atoms with Crippen LogP contribution >= 0.6 is 24.0 Å². The summed E-state index contributed by atoms with van der Waals surface area (Å²) < 4.78 is 10.8. The van der Waals surface area contributed by atoms with Crippen molar-refractivity contribution in [2.45, 2.75) is 13.0 Å². The van der Waals surface area contributed by atoms with Gasteiger partial charge in [-0.15, -0.1) is 6.42 Å². The SMILES string of the molecule is C#CCOc1ccc(/C=C2\SC(=S)N(C(C)C(=O)[O-])C2=O)cc1OC. The van der Waals surface area contributed by atoms with E-state index in [-0.39, 0.29) is 10.9 Å². The van der Waals surface area contributed by atoms with Gasteiger partial charge in [0.15, 0.2) is 11.5 Å². The van der Waals surface area contributed by atoms with Crippen molar-refractivity contribution in [1.82, 2.24) is 4.90 Å². The minimum atomic E-state index is -1.37. The van der Waals surface area contributed by atoms with Gasteiger partial charge in [-0.2, -0.15) is 0 Å². The van der Waals surface area contributed by atoms with Gasteiger partial charge in [0, 0.05) is 0 Å². The largest absolute Gasteiger partial charge is 0.548 e. The Morgan fingerprint density at radius 3 is 2.84 bits per heavy atom. The number of benzene rings is 1. The van der Waals surface area contributed by atoms with Crippen LogP contribution in [0.15, 0.2) is 23.1 Å². The molecule has 6 nitrogen and oxygen atoms in total. The number of carboxylic acid groups (broad SMARTS) is 1. The molecule has 1 aromatic rings. The average Bonchev–Trinajstić information content (AvgIpc) is 2.86. The molecule has 8 heteroatoms. The molecule has 2 rings (SSSR count). The van der Waals surface area contributed by atoms with Gasteiger partial charge in [0.2, 0.25) is 0 Å².